The van der Waals surface area contributed by atoms with Crippen molar-refractivity contribution in [1.82, 2.24) is 4.90 Å². The minimum absolute atomic E-state index is 1.02. The Balaban J connectivity index is 1.79. The Morgan fingerprint density at radius 2 is 1.38 bits per heavy atom. The van der Waals surface area contributed by atoms with Gasteiger partial charge in [-0.1, -0.05) is 70.4 Å². The highest BCUT2D eigenvalue weighted by Crippen LogP contribution is 2.12. The van der Waals surface area contributed by atoms with E-state index in [2.05, 4.69) is 35.9 Å². The molecule has 0 atom stereocenters. The van der Waals surface area contributed by atoms with Gasteiger partial charge in [0.05, 0.1) is 12.4 Å². The molecule has 0 spiro atoms. The largest absolute Gasteiger partial charge is 0.359 e. The second kappa shape index (κ2) is 15.7. The Hall–Kier alpha value is -0.790. The van der Waals surface area contributed by atoms with Crippen LogP contribution in [0.4, 0.5) is 0 Å². The van der Waals surface area contributed by atoms with Crippen LogP contribution in [0.25, 0.3) is 0 Å². The van der Waals surface area contributed by atoms with Gasteiger partial charge in [0.1, 0.15) is 0 Å². The summed E-state index contributed by atoms with van der Waals surface area (Å²) < 4.78 is 0. The summed E-state index contributed by atoms with van der Waals surface area (Å²) in [5, 5.41) is 0. The van der Waals surface area contributed by atoms with Gasteiger partial charge >= 0.3 is 0 Å². The van der Waals surface area contributed by atoms with Crippen molar-refractivity contribution in [2.24, 2.45) is 4.99 Å². The molecule has 140 valence electrons. The maximum Gasteiger partial charge on any atom is 0.0990 e. The fraction of sp³-hybridized carbons (Fsp3) is 0.864. The molecule has 1 heterocycles. The lowest BCUT2D eigenvalue weighted by Gasteiger charge is -2.17. The van der Waals surface area contributed by atoms with E-state index in [-0.39, 0.29) is 0 Å². The fourth-order valence-corrected chi connectivity index (χ4v) is 3.46. The summed E-state index contributed by atoms with van der Waals surface area (Å²) in [5.74, 6) is 1.37. The van der Waals surface area contributed by atoms with Crippen LogP contribution < -0.4 is 0 Å². The summed E-state index contributed by atoms with van der Waals surface area (Å²) in [4.78, 5) is 7.06. The number of hydrogen-bond donors (Lipinski definition) is 0. The van der Waals surface area contributed by atoms with E-state index in [9.17, 15) is 0 Å². The van der Waals surface area contributed by atoms with Gasteiger partial charge < -0.3 is 4.90 Å². The average Bonchev–Trinajstić information content (AvgIpc) is 3.06. The molecule has 0 bridgehead atoms. The molecule has 2 heteroatoms. The standard InChI is InChI=1S/C22H42N2/c1-3-5-6-7-8-9-10-11-12-13-14-15-16-17-18-19-22-23-20-21-24(22)4-2/h11-12H,3-10,13-21H2,1-2H3. The van der Waals surface area contributed by atoms with Crippen LogP contribution in [0.1, 0.15) is 104 Å². The molecule has 0 aromatic rings. The van der Waals surface area contributed by atoms with E-state index in [1.807, 2.05) is 0 Å². The lowest BCUT2D eigenvalue weighted by molar-refractivity contribution is 0.470. The zero-order chi connectivity index (χ0) is 17.3. The van der Waals surface area contributed by atoms with Gasteiger partial charge in [0, 0.05) is 19.5 Å². The van der Waals surface area contributed by atoms with Crippen LogP contribution in [0.2, 0.25) is 0 Å². The van der Waals surface area contributed by atoms with E-state index in [0.717, 1.165) is 19.6 Å². The third-order valence-electron chi connectivity index (χ3n) is 5.07. The number of aliphatic imine (C=N–C) groups is 1. The quantitative estimate of drug-likeness (QED) is 0.225. The highest BCUT2D eigenvalue weighted by molar-refractivity contribution is 5.83. The van der Waals surface area contributed by atoms with Crippen molar-refractivity contribution in [3.05, 3.63) is 12.2 Å². The first-order valence-corrected chi connectivity index (χ1v) is 10.8. The first kappa shape index (κ1) is 21.3. The normalized spacial score (nSPS) is 14.8. The lowest BCUT2D eigenvalue weighted by Crippen LogP contribution is -2.27. The summed E-state index contributed by atoms with van der Waals surface area (Å²) in [6.45, 7) is 7.82. The predicted octanol–water partition coefficient (Wildman–Crippen LogP) is 6.76. The summed E-state index contributed by atoms with van der Waals surface area (Å²) in [7, 11) is 0. The van der Waals surface area contributed by atoms with E-state index in [4.69, 9.17) is 0 Å². The topological polar surface area (TPSA) is 15.6 Å². The molecule has 1 rings (SSSR count). The molecule has 2 nitrogen and oxygen atoms in total. The van der Waals surface area contributed by atoms with Crippen LogP contribution in [0, 0.1) is 0 Å². The van der Waals surface area contributed by atoms with Crippen molar-refractivity contribution in [3.63, 3.8) is 0 Å². The summed E-state index contributed by atoms with van der Waals surface area (Å²) in [6, 6.07) is 0. The summed E-state index contributed by atoms with van der Waals surface area (Å²) in [5.41, 5.74) is 0. The Bertz CT molecular complexity index is 333. The van der Waals surface area contributed by atoms with Gasteiger partial charge in [-0.2, -0.15) is 0 Å². The number of nitrogens with zero attached hydrogens (tertiary/aromatic N) is 2. The van der Waals surface area contributed by atoms with Gasteiger partial charge in [-0.15, -0.1) is 0 Å². The number of likely N-dealkylation sites (N-methyl/N-ethyl adjacent to an activating group) is 1. The van der Waals surface area contributed by atoms with Gasteiger partial charge in [-0.25, -0.2) is 0 Å². The molecule has 0 unspecified atom stereocenters. The smallest absolute Gasteiger partial charge is 0.0990 e. The monoisotopic (exact) mass is 334 g/mol. The molecule has 0 N–H and O–H groups in total. The Labute approximate surface area is 151 Å². The molecule has 0 aromatic carbocycles. The molecule has 1 aliphatic heterocycles. The molecule has 0 aromatic heterocycles. The minimum atomic E-state index is 1.02. The summed E-state index contributed by atoms with van der Waals surface area (Å²) in [6.07, 6.45) is 23.9. The van der Waals surface area contributed by atoms with Crippen LogP contribution >= 0.6 is 0 Å². The number of hydrogen-bond acceptors (Lipinski definition) is 2. The van der Waals surface area contributed by atoms with E-state index >= 15 is 0 Å². The first-order chi connectivity index (χ1) is 11.9. The van der Waals surface area contributed by atoms with Gasteiger partial charge in [0.15, 0.2) is 0 Å². The van der Waals surface area contributed by atoms with Gasteiger partial charge in [-0.3, -0.25) is 4.99 Å². The highest BCUT2D eigenvalue weighted by Gasteiger charge is 2.13. The first-order valence-electron chi connectivity index (χ1n) is 10.8. The Morgan fingerprint density at radius 1 is 0.792 bits per heavy atom. The van der Waals surface area contributed by atoms with E-state index in [1.165, 1.54) is 95.7 Å². The van der Waals surface area contributed by atoms with Crippen molar-refractivity contribution in [1.29, 1.82) is 0 Å². The second-order valence-corrected chi connectivity index (χ2v) is 7.21. The maximum absolute atomic E-state index is 4.62. The zero-order valence-corrected chi connectivity index (χ0v) is 16.6. The third-order valence-corrected chi connectivity index (χ3v) is 5.07. The second-order valence-electron chi connectivity index (χ2n) is 7.21. The molecule has 24 heavy (non-hydrogen) atoms. The van der Waals surface area contributed by atoms with Crippen molar-refractivity contribution in [2.75, 3.05) is 19.6 Å². The van der Waals surface area contributed by atoms with E-state index in [1.54, 1.807) is 0 Å². The van der Waals surface area contributed by atoms with Crippen LogP contribution in [-0.2, 0) is 0 Å². The number of allylic oxidation sites excluding steroid dienone is 2. The molecular formula is C22H42N2. The van der Waals surface area contributed by atoms with E-state index in [0.29, 0.717) is 0 Å². The van der Waals surface area contributed by atoms with E-state index < -0.39 is 0 Å². The molecule has 0 amide bonds. The van der Waals surface area contributed by atoms with Crippen molar-refractivity contribution in [3.8, 4) is 0 Å². The minimum Gasteiger partial charge on any atom is -0.359 e. The van der Waals surface area contributed by atoms with Gasteiger partial charge in [-0.05, 0) is 39.0 Å². The van der Waals surface area contributed by atoms with Crippen LogP contribution in [-0.4, -0.2) is 30.4 Å². The van der Waals surface area contributed by atoms with Gasteiger partial charge in [0.2, 0.25) is 0 Å². The molecule has 0 saturated carbocycles. The fourth-order valence-electron chi connectivity index (χ4n) is 3.46. The van der Waals surface area contributed by atoms with Crippen LogP contribution in [0.3, 0.4) is 0 Å². The molecule has 0 saturated heterocycles. The zero-order valence-electron chi connectivity index (χ0n) is 16.6. The molecule has 0 radical (unpaired) electrons. The SMILES string of the molecule is CCCCCCCCC=CCCCCCCCC1=NCCN1CC. The molecular weight excluding hydrogens is 292 g/mol. The van der Waals surface area contributed by atoms with Crippen molar-refractivity contribution >= 4 is 5.84 Å². The van der Waals surface area contributed by atoms with Crippen molar-refractivity contribution < 1.29 is 0 Å². The number of unbranched alkanes of at least 4 members (excludes halogenated alkanes) is 11. The Kier molecular flexibility index (Phi) is 13.9. The van der Waals surface area contributed by atoms with Crippen LogP contribution in [0.15, 0.2) is 17.1 Å². The molecule has 0 fully saturated rings. The van der Waals surface area contributed by atoms with Crippen LogP contribution in [0.5, 0.6) is 0 Å². The third kappa shape index (κ3) is 10.9. The predicted molar refractivity (Wildman–Crippen MR) is 109 cm³/mol. The number of amidine groups is 1. The van der Waals surface area contributed by atoms with Crippen molar-refractivity contribution in [2.45, 2.75) is 104 Å². The lowest BCUT2D eigenvalue weighted by atomic mass is 10.1. The highest BCUT2D eigenvalue weighted by atomic mass is 15.2. The molecule has 0 aliphatic carbocycles. The maximum atomic E-state index is 4.62. The molecule has 1 aliphatic rings. The number of rotatable bonds is 16. The van der Waals surface area contributed by atoms with Gasteiger partial charge in [0.25, 0.3) is 0 Å². The average molecular weight is 335 g/mol. The Morgan fingerprint density at radius 3 is 2.00 bits per heavy atom. The summed E-state index contributed by atoms with van der Waals surface area (Å²) >= 11 is 0.